The van der Waals surface area contributed by atoms with Crippen LogP contribution in [-0.4, -0.2) is 6.18 Å². The van der Waals surface area contributed by atoms with E-state index in [-0.39, 0.29) is 12.0 Å². The Morgan fingerprint density at radius 1 is 1.12 bits per heavy atom. The number of alkyl halides is 3. The SMILES string of the molecule is N[C@@H](CCC(F)(F)F)c1ccc(F)c(F)c1. The molecule has 0 radical (unpaired) electrons. The molecule has 0 aliphatic carbocycles. The van der Waals surface area contributed by atoms with Gasteiger partial charge in [0.2, 0.25) is 0 Å². The lowest BCUT2D eigenvalue weighted by molar-refractivity contribution is -0.136. The minimum Gasteiger partial charge on any atom is -0.324 e. The molecule has 0 spiro atoms. The third kappa shape index (κ3) is 3.77. The zero-order chi connectivity index (χ0) is 12.3. The van der Waals surface area contributed by atoms with Gasteiger partial charge in [-0.25, -0.2) is 8.78 Å². The van der Waals surface area contributed by atoms with Crippen molar-refractivity contribution in [1.82, 2.24) is 0 Å². The van der Waals surface area contributed by atoms with Crippen LogP contribution in [0.25, 0.3) is 0 Å². The Morgan fingerprint density at radius 2 is 1.75 bits per heavy atom. The second kappa shape index (κ2) is 4.78. The number of benzene rings is 1. The van der Waals surface area contributed by atoms with Crippen molar-refractivity contribution < 1.29 is 22.0 Å². The smallest absolute Gasteiger partial charge is 0.324 e. The molecule has 0 aliphatic heterocycles. The molecule has 1 nitrogen and oxygen atoms in total. The van der Waals surface area contributed by atoms with Crippen molar-refractivity contribution in [2.45, 2.75) is 25.1 Å². The highest BCUT2D eigenvalue weighted by Gasteiger charge is 2.27. The van der Waals surface area contributed by atoms with Gasteiger partial charge < -0.3 is 5.73 Å². The van der Waals surface area contributed by atoms with Crippen molar-refractivity contribution in [3.05, 3.63) is 35.4 Å². The Labute approximate surface area is 89.1 Å². The van der Waals surface area contributed by atoms with Crippen LogP contribution < -0.4 is 5.73 Å². The first-order valence-electron chi connectivity index (χ1n) is 4.57. The van der Waals surface area contributed by atoms with Crippen LogP contribution in [0.5, 0.6) is 0 Å². The highest BCUT2D eigenvalue weighted by atomic mass is 19.4. The maximum Gasteiger partial charge on any atom is 0.389 e. The van der Waals surface area contributed by atoms with Gasteiger partial charge in [0.05, 0.1) is 0 Å². The molecule has 1 aromatic carbocycles. The molecule has 0 aliphatic rings. The molecule has 1 aromatic rings. The van der Waals surface area contributed by atoms with Crippen molar-refractivity contribution in [2.24, 2.45) is 5.73 Å². The molecule has 0 aromatic heterocycles. The standard InChI is InChI=1S/C10H10F5N/c11-7-2-1-6(5-8(7)12)9(16)3-4-10(13,14)15/h1-2,5,9H,3-4,16H2/t9-/m0/s1. The summed E-state index contributed by atoms with van der Waals surface area (Å²) in [7, 11) is 0. The fraction of sp³-hybridized carbons (Fsp3) is 0.400. The van der Waals surface area contributed by atoms with Gasteiger partial charge in [0.15, 0.2) is 11.6 Å². The normalized spacial score (nSPS) is 13.9. The summed E-state index contributed by atoms with van der Waals surface area (Å²) in [6.45, 7) is 0. The second-order valence-electron chi connectivity index (χ2n) is 3.43. The number of rotatable bonds is 3. The van der Waals surface area contributed by atoms with E-state index < -0.39 is 30.3 Å². The van der Waals surface area contributed by atoms with E-state index >= 15 is 0 Å². The summed E-state index contributed by atoms with van der Waals surface area (Å²) in [4.78, 5) is 0. The van der Waals surface area contributed by atoms with E-state index in [9.17, 15) is 22.0 Å². The van der Waals surface area contributed by atoms with E-state index in [1.807, 2.05) is 0 Å². The summed E-state index contributed by atoms with van der Waals surface area (Å²) in [5.74, 6) is -2.16. The Kier molecular flexibility index (Phi) is 3.85. The zero-order valence-corrected chi connectivity index (χ0v) is 8.19. The third-order valence-electron chi connectivity index (χ3n) is 2.11. The molecule has 0 fully saturated rings. The molecule has 0 saturated heterocycles. The number of hydrogen-bond acceptors (Lipinski definition) is 1. The second-order valence-corrected chi connectivity index (χ2v) is 3.43. The van der Waals surface area contributed by atoms with E-state index in [1.165, 1.54) is 6.07 Å². The molecule has 1 rings (SSSR count). The fourth-order valence-corrected chi connectivity index (χ4v) is 1.23. The zero-order valence-electron chi connectivity index (χ0n) is 8.19. The van der Waals surface area contributed by atoms with Crippen molar-refractivity contribution >= 4 is 0 Å². The summed E-state index contributed by atoms with van der Waals surface area (Å²) in [6, 6.07) is 1.89. The number of halogens is 5. The topological polar surface area (TPSA) is 26.0 Å². The van der Waals surface area contributed by atoms with Crippen LogP contribution in [0.1, 0.15) is 24.4 Å². The van der Waals surface area contributed by atoms with E-state index in [1.54, 1.807) is 0 Å². The van der Waals surface area contributed by atoms with E-state index in [2.05, 4.69) is 0 Å². The Balaban J connectivity index is 2.66. The molecule has 0 saturated carbocycles. The van der Waals surface area contributed by atoms with Crippen LogP contribution >= 0.6 is 0 Å². The van der Waals surface area contributed by atoms with Crippen molar-refractivity contribution in [3.63, 3.8) is 0 Å². The van der Waals surface area contributed by atoms with Crippen molar-refractivity contribution in [1.29, 1.82) is 0 Å². The molecule has 90 valence electrons. The van der Waals surface area contributed by atoms with Gasteiger partial charge in [0, 0.05) is 12.5 Å². The summed E-state index contributed by atoms with van der Waals surface area (Å²) >= 11 is 0. The summed E-state index contributed by atoms with van der Waals surface area (Å²) in [5, 5.41) is 0. The summed E-state index contributed by atoms with van der Waals surface area (Å²) < 4.78 is 61.0. The van der Waals surface area contributed by atoms with Gasteiger partial charge >= 0.3 is 6.18 Å². The van der Waals surface area contributed by atoms with Crippen molar-refractivity contribution in [3.8, 4) is 0 Å². The molecule has 2 N–H and O–H groups in total. The molecule has 0 unspecified atom stereocenters. The maximum absolute atomic E-state index is 12.8. The lowest BCUT2D eigenvalue weighted by Gasteiger charge is -2.13. The Bertz CT molecular complexity index is 361. The first kappa shape index (κ1) is 12.9. The largest absolute Gasteiger partial charge is 0.389 e. The highest BCUT2D eigenvalue weighted by molar-refractivity contribution is 5.20. The molecular formula is C10H10F5N. The number of nitrogens with two attached hydrogens (primary N) is 1. The molecule has 0 amide bonds. The molecule has 16 heavy (non-hydrogen) atoms. The lowest BCUT2D eigenvalue weighted by atomic mass is 10.0. The lowest BCUT2D eigenvalue weighted by Crippen LogP contribution is -2.16. The molecule has 1 atom stereocenters. The van der Waals surface area contributed by atoms with E-state index in [4.69, 9.17) is 5.73 Å². The fourth-order valence-electron chi connectivity index (χ4n) is 1.23. The monoisotopic (exact) mass is 239 g/mol. The van der Waals surface area contributed by atoms with Gasteiger partial charge in [-0.2, -0.15) is 13.2 Å². The highest BCUT2D eigenvalue weighted by Crippen LogP contribution is 2.26. The van der Waals surface area contributed by atoms with Gasteiger partial charge in [-0.1, -0.05) is 6.07 Å². The first-order chi connectivity index (χ1) is 7.29. The van der Waals surface area contributed by atoms with Gasteiger partial charge in [0.1, 0.15) is 0 Å². The average Bonchev–Trinajstić information content (AvgIpc) is 2.17. The molecule has 6 heteroatoms. The van der Waals surface area contributed by atoms with Crippen LogP contribution in [0.15, 0.2) is 18.2 Å². The van der Waals surface area contributed by atoms with Crippen LogP contribution in [0.3, 0.4) is 0 Å². The van der Waals surface area contributed by atoms with Crippen molar-refractivity contribution in [2.75, 3.05) is 0 Å². The first-order valence-corrected chi connectivity index (χ1v) is 4.57. The Hall–Kier alpha value is -1.17. The van der Waals surface area contributed by atoms with Gasteiger partial charge in [-0.3, -0.25) is 0 Å². The van der Waals surface area contributed by atoms with Crippen LogP contribution in [0.4, 0.5) is 22.0 Å². The minimum absolute atomic E-state index is 0.156. The third-order valence-corrected chi connectivity index (χ3v) is 2.11. The number of hydrogen-bond donors (Lipinski definition) is 1. The molecular weight excluding hydrogens is 229 g/mol. The summed E-state index contributed by atoms with van der Waals surface area (Å²) in [5.41, 5.74) is 5.59. The van der Waals surface area contributed by atoms with Gasteiger partial charge in [-0.05, 0) is 24.1 Å². The maximum atomic E-state index is 12.8. The van der Waals surface area contributed by atoms with Crippen LogP contribution in [-0.2, 0) is 0 Å². The van der Waals surface area contributed by atoms with Gasteiger partial charge in [0.25, 0.3) is 0 Å². The average molecular weight is 239 g/mol. The predicted octanol–water partition coefficient (Wildman–Crippen LogP) is 3.31. The Morgan fingerprint density at radius 3 is 2.25 bits per heavy atom. The predicted molar refractivity (Wildman–Crippen MR) is 48.6 cm³/mol. The van der Waals surface area contributed by atoms with E-state index in [0.717, 1.165) is 12.1 Å². The van der Waals surface area contributed by atoms with Crippen LogP contribution in [0, 0.1) is 11.6 Å². The quantitative estimate of drug-likeness (QED) is 0.804. The minimum atomic E-state index is -4.30. The molecule has 0 heterocycles. The van der Waals surface area contributed by atoms with E-state index in [0.29, 0.717) is 0 Å². The van der Waals surface area contributed by atoms with Gasteiger partial charge in [-0.15, -0.1) is 0 Å². The molecule has 0 bridgehead atoms. The van der Waals surface area contributed by atoms with Crippen LogP contribution in [0.2, 0.25) is 0 Å². The summed E-state index contributed by atoms with van der Waals surface area (Å²) in [6.07, 6.45) is -5.70.